The summed E-state index contributed by atoms with van der Waals surface area (Å²) < 4.78 is 4.53. The molecule has 0 atom stereocenters. The van der Waals surface area contributed by atoms with E-state index in [1.54, 1.807) is 0 Å². The molecular weight excluding hydrogens is 156 g/mol. The molecule has 0 aromatic heterocycles. The number of hydrogen-bond acceptors (Lipinski definition) is 3. The third kappa shape index (κ3) is 3.69. The lowest BCUT2D eigenvalue weighted by Gasteiger charge is -2.13. The van der Waals surface area contributed by atoms with Gasteiger partial charge in [0.15, 0.2) is 0 Å². The van der Waals surface area contributed by atoms with Crippen LogP contribution in [0.4, 0.5) is 0 Å². The molecule has 0 aromatic rings. The first kappa shape index (κ1) is 9.72. The van der Waals surface area contributed by atoms with E-state index in [0.29, 0.717) is 0 Å². The van der Waals surface area contributed by atoms with E-state index in [9.17, 15) is 4.79 Å². The summed E-state index contributed by atoms with van der Waals surface area (Å²) in [4.78, 5) is 9.77. The number of ether oxygens (including phenoxy) is 1. The van der Waals surface area contributed by atoms with Crippen LogP contribution in [-0.2, 0) is 9.53 Å². The van der Waals surface area contributed by atoms with E-state index >= 15 is 0 Å². The van der Waals surface area contributed by atoms with Crippen molar-refractivity contribution in [3.8, 4) is 0 Å². The molecule has 0 aromatic carbocycles. The van der Waals surface area contributed by atoms with Crippen molar-refractivity contribution in [3.63, 3.8) is 0 Å². The predicted octanol–water partition coefficient (Wildman–Crippen LogP) is 0.539. The molecule has 0 saturated carbocycles. The lowest BCUT2D eigenvalue weighted by Crippen LogP contribution is -2.28. The minimum Gasteiger partial charge on any atom is -0.462 e. The fraction of sp³-hybridized carbons (Fsp3) is 0.833. The quantitative estimate of drug-likeness (QED) is 0.492. The molecule has 10 heavy (non-hydrogen) atoms. The molecule has 0 radical (unpaired) electrons. The number of rotatable bonds is 3. The molecule has 0 amide bonds. The first-order valence-corrected chi connectivity index (χ1v) is 3.33. The van der Waals surface area contributed by atoms with Gasteiger partial charge in [-0.25, -0.2) is 0 Å². The van der Waals surface area contributed by atoms with E-state index < -0.39 is 10.8 Å². The van der Waals surface area contributed by atoms with Gasteiger partial charge in [-0.2, -0.15) is 0 Å². The summed E-state index contributed by atoms with van der Waals surface area (Å²) >= 11 is 5.56. The molecule has 0 spiro atoms. The number of aliphatic hydroxyl groups is 1. The lowest BCUT2D eigenvalue weighted by molar-refractivity contribution is -0.146. The van der Waals surface area contributed by atoms with Gasteiger partial charge in [-0.15, -0.1) is 11.6 Å². The summed E-state index contributed by atoms with van der Waals surface area (Å²) in [6.45, 7) is 2.91. The van der Waals surface area contributed by atoms with Gasteiger partial charge >= 0.3 is 5.97 Å². The fourth-order valence-electron chi connectivity index (χ4n) is 0.310. The zero-order valence-electron chi connectivity index (χ0n) is 6.06. The smallest absolute Gasteiger partial charge is 0.326 e. The van der Waals surface area contributed by atoms with E-state index in [0.717, 1.165) is 0 Å². The monoisotopic (exact) mass is 166 g/mol. The Kier molecular flexibility index (Phi) is 3.68. The molecule has 0 heterocycles. The highest BCUT2D eigenvalue weighted by molar-refractivity contribution is 6.33. The van der Waals surface area contributed by atoms with Crippen LogP contribution in [0.25, 0.3) is 0 Å². The molecule has 4 heteroatoms. The van der Waals surface area contributed by atoms with Crippen LogP contribution in [0.1, 0.15) is 13.8 Å². The zero-order chi connectivity index (χ0) is 8.20. The number of carbonyl (C=O) groups is 1. The topological polar surface area (TPSA) is 46.5 Å². The van der Waals surface area contributed by atoms with Crippen molar-refractivity contribution in [1.82, 2.24) is 0 Å². The van der Waals surface area contributed by atoms with Gasteiger partial charge in [-0.1, -0.05) is 0 Å². The Bertz CT molecular complexity index is 117. The molecular formula is C6H11ClO3. The van der Waals surface area contributed by atoms with Gasteiger partial charge < -0.3 is 9.84 Å². The molecule has 1 N–H and O–H groups in total. The highest BCUT2D eigenvalue weighted by Gasteiger charge is 2.25. The van der Waals surface area contributed by atoms with Gasteiger partial charge in [0, 0.05) is 0 Å². The van der Waals surface area contributed by atoms with Crippen molar-refractivity contribution in [2.75, 3.05) is 13.2 Å². The number of halogens is 1. The number of hydrogen-bond donors (Lipinski definition) is 1. The first-order chi connectivity index (χ1) is 4.48. The van der Waals surface area contributed by atoms with Crippen LogP contribution in [0.2, 0.25) is 0 Å². The Morgan fingerprint density at radius 1 is 1.70 bits per heavy atom. The van der Waals surface area contributed by atoms with Crippen molar-refractivity contribution in [2.45, 2.75) is 18.7 Å². The Balaban J connectivity index is 3.64. The third-order valence-electron chi connectivity index (χ3n) is 0.810. The van der Waals surface area contributed by atoms with Crippen LogP contribution in [0.5, 0.6) is 0 Å². The van der Waals surface area contributed by atoms with Crippen LogP contribution in [0.15, 0.2) is 0 Å². The van der Waals surface area contributed by atoms with E-state index in [-0.39, 0.29) is 13.2 Å². The van der Waals surface area contributed by atoms with Gasteiger partial charge in [-0.3, -0.25) is 4.79 Å². The molecule has 60 valence electrons. The number of aliphatic hydroxyl groups excluding tert-OH is 1. The van der Waals surface area contributed by atoms with Crippen molar-refractivity contribution >= 4 is 17.6 Å². The maximum atomic E-state index is 10.8. The number of alkyl halides is 1. The lowest BCUT2D eigenvalue weighted by atomic mass is 10.2. The number of esters is 1. The highest BCUT2D eigenvalue weighted by atomic mass is 35.5. The van der Waals surface area contributed by atoms with Crippen molar-refractivity contribution in [2.24, 2.45) is 0 Å². The summed E-state index contributed by atoms with van der Waals surface area (Å²) in [5, 5.41) is 8.26. The minimum absolute atomic E-state index is 0.00891. The minimum atomic E-state index is -0.991. The molecule has 0 aliphatic carbocycles. The van der Waals surface area contributed by atoms with Crippen molar-refractivity contribution in [1.29, 1.82) is 0 Å². The summed E-state index contributed by atoms with van der Waals surface area (Å²) in [6.07, 6.45) is 0. The molecule has 0 aliphatic heterocycles. The van der Waals surface area contributed by atoms with Gasteiger partial charge in [0.25, 0.3) is 0 Å². The summed E-state index contributed by atoms with van der Waals surface area (Å²) in [5.41, 5.74) is 0. The van der Waals surface area contributed by atoms with Crippen LogP contribution in [-0.4, -0.2) is 29.2 Å². The van der Waals surface area contributed by atoms with E-state index in [2.05, 4.69) is 4.74 Å². The van der Waals surface area contributed by atoms with Crippen LogP contribution < -0.4 is 0 Å². The fourth-order valence-corrected chi connectivity index (χ4v) is 0.365. The highest BCUT2D eigenvalue weighted by Crippen LogP contribution is 2.13. The van der Waals surface area contributed by atoms with Gasteiger partial charge in [-0.05, 0) is 13.8 Å². The normalized spacial score (nSPS) is 11.2. The molecule has 0 bridgehead atoms. The van der Waals surface area contributed by atoms with Gasteiger partial charge in [0.1, 0.15) is 11.5 Å². The van der Waals surface area contributed by atoms with Crippen LogP contribution in [0.3, 0.4) is 0 Å². The standard InChI is InChI=1S/C6H11ClO3/c1-6(2,7)5(9)10-4-3-8/h8H,3-4H2,1-2H3. The van der Waals surface area contributed by atoms with E-state index in [1.807, 2.05) is 0 Å². The maximum Gasteiger partial charge on any atom is 0.326 e. The van der Waals surface area contributed by atoms with Crippen molar-refractivity contribution in [3.05, 3.63) is 0 Å². The van der Waals surface area contributed by atoms with Crippen LogP contribution in [0, 0.1) is 0 Å². The first-order valence-electron chi connectivity index (χ1n) is 2.95. The molecule has 0 fully saturated rings. The van der Waals surface area contributed by atoms with Gasteiger partial charge in [0.05, 0.1) is 6.61 Å². The second-order valence-electron chi connectivity index (χ2n) is 2.33. The van der Waals surface area contributed by atoms with E-state index in [1.165, 1.54) is 13.8 Å². The zero-order valence-corrected chi connectivity index (χ0v) is 6.81. The average molecular weight is 167 g/mol. The average Bonchev–Trinajstić information content (AvgIpc) is 1.80. The van der Waals surface area contributed by atoms with Crippen molar-refractivity contribution < 1.29 is 14.6 Å². The van der Waals surface area contributed by atoms with E-state index in [4.69, 9.17) is 16.7 Å². The Morgan fingerprint density at radius 2 is 2.20 bits per heavy atom. The molecule has 0 rings (SSSR count). The largest absolute Gasteiger partial charge is 0.462 e. The molecule has 0 aliphatic rings. The van der Waals surface area contributed by atoms with Gasteiger partial charge in [0.2, 0.25) is 0 Å². The second kappa shape index (κ2) is 3.78. The predicted molar refractivity (Wildman–Crippen MR) is 38.0 cm³/mol. The summed E-state index contributed by atoms with van der Waals surface area (Å²) in [7, 11) is 0. The molecule has 3 nitrogen and oxygen atoms in total. The molecule has 0 unspecified atom stereocenters. The SMILES string of the molecule is CC(C)(Cl)C(=O)OCCO. The Morgan fingerprint density at radius 3 is 2.50 bits per heavy atom. The Hall–Kier alpha value is -0.280. The molecule has 0 saturated heterocycles. The second-order valence-corrected chi connectivity index (χ2v) is 3.28. The summed E-state index contributed by atoms with van der Waals surface area (Å²) in [6, 6.07) is 0. The van der Waals surface area contributed by atoms with Crippen LogP contribution >= 0.6 is 11.6 Å². The summed E-state index contributed by atoms with van der Waals surface area (Å²) in [5.74, 6) is -0.511. The third-order valence-corrected chi connectivity index (χ3v) is 0.964. The Labute approximate surface area is 64.9 Å². The maximum absolute atomic E-state index is 10.8. The number of carbonyl (C=O) groups excluding carboxylic acids is 1.